The molecule has 4 aromatic rings. The molecule has 1 unspecified atom stereocenters. The van der Waals surface area contributed by atoms with Gasteiger partial charge in [-0.3, -0.25) is 0 Å². The third-order valence-corrected chi connectivity index (χ3v) is 7.19. The molecule has 9 nitrogen and oxygen atoms in total. The number of ether oxygens (including phenoxy) is 6. The van der Waals surface area contributed by atoms with Crippen molar-refractivity contribution in [3.05, 3.63) is 120 Å². The van der Waals surface area contributed by atoms with Gasteiger partial charge in [0.05, 0.1) is 38.3 Å². The third-order valence-electron chi connectivity index (χ3n) is 7.19. The number of fused-ring (bicyclic) bond motifs is 1. The van der Waals surface area contributed by atoms with E-state index in [9.17, 15) is 0 Å². The average Bonchev–Trinajstić information content (AvgIpc) is 3.48. The molecule has 1 aromatic heterocycles. The molecule has 2 aliphatic rings. The van der Waals surface area contributed by atoms with Crippen LogP contribution in [0.5, 0.6) is 0 Å². The number of methoxy groups -OCH3 is 1. The minimum atomic E-state index is -0.669. The van der Waals surface area contributed by atoms with Crippen LogP contribution in [0.25, 0.3) is 0 Å². The zero-order chi connectivity index (χ0) is 27.1. The lowest BCUT2D eigenvalue weighted by molar-refractivity contribution is -0.353. The Balaban J connectivity index is 1.29. The fourth-order valence-electron chi connectivity index (χ4n) is 5.23. The van der Waals surface area contributed by atoms with Crippen LogP contribution in [-0.4, -0.2) is 53.3 Å². The molecule has 0 radical (unpaired) electrons. The summed E-state index contributed by atoms with van der Waals surface area (Å²) in [6, 6.07) is 29.5. The molecule has 0 spiro atoms. The predicted octanol–water partition coefficient (Wildman–Crippen LogP) is 4.61. The molecule has 2 saturated heterocycles. The number of nitrogens with zero attached hydrogens (tertiary/aromatic N) is 3. The quantitative estimate of drug-likeness (QED) is 0.287. The summed E-state index contributed by atoms with van der Waals surface area (Å²) in [6.07, 6.45) is -0.883. The van der Waals surface area contributed by atoms with Gasteiger partial charge in [0.1, 0.15) is 24.4 Å². The average molecular weight is 544 g/mol. The maximum Gasteiger partial charge on any atom is 0.186 e. The summed E-state index contributed by atoms with van der Waals surface area (Å²) >= 11 is 0. The van der Waals surface area contributed by atoms with Crippen molar-refractivity contribution in [3.8, 4) is 0 Å². The first-order chi connectivity index (χ1) is 19.8. The fourth-order valence-corrected chi connectivity index (χ4v) is 5.23. The van der Waals surface area contributed by atoms with Gasteiger partial charge in [-0.05, 0) is 11.1 Å². The Bertz CT molecular complexity index is 1320. The van der Waals surface area contributed by atoms with E-state index in [0.29, 0.717) is 26.4 Å². The van der Waals surface area contributed by atoms with Crippen LogP contribution >= 0.6 is 0 Å². The van der Waals surface area contributed by atoms with Crippen molar-refractivity contribution in [2.24, 2.45) is 0 Å². The first kappa shape index (κ1) is 26.8. The van der Waals surface area contributed by atoms with Crippen molar-refractivity contribution >= 4 is 0 Å². The van der Waals surface area contributed by atoms with Crippen LogP contribution < -0.4 is 0 Å². The molecule has 0 aliphatic carbocycles. The summed E-state index contributed by atoms with van der Waals surface area (Å²) in [5.74, 6) is 0. The van der Waals surface area contributed by atoms with Crippen molar-refractivity contribution in [3.63, 3.8) is 0 Å². The van der Waals surface area contributed by atoms with Crippen LogP contribution in [0.2, 0.25) is 0 Å². The zero-order valence-corrected chi connectivity index (χ0v) is 22.3. The lowest BCUT2D eigenvalue weighted by Crippen LogP contribution is -2.60. The summed E-state index contributed by atoms with van der Waals surface area (Å²) in [4.78, 5) is 0. The molecule has 6 rings (SSSR count). The van der Waals surface area contributed by atoms with Crippen LogP contribution in [0, 0.1) is 0 Å². The smallest absolute Gasteiger partial charge is 0.186 e. The minimum Gasteiger partial charge on any atom is -0.370 e. The molecule has 208 valence electrons. The van der Waals surface area contributed by atoms with E-state index < -0.39 is 36.9 Å². The molecule has 3 heterocycles. The van der Waals surface area contributed by atoms with Crippen LogP contribution in [0.3, 0.4) is 0 Å². The maximum absolute atomic E-state index is 6.60. The number of rotatable bonds is 10. The first-order valence-corrected chi connectivity index (χ1v) is 13.5. The zero-order valence-electron chi connectivity index (χ0n) is 22.3. The summed E-state index contributed by atoms with van der Waals surface area (Å²) < 4.78 is 39.3. The Morgan fingerprint density at radius 3 is 2.20 bits per heavy atom. The van der Waals surface area contributed by atoms with Crippen LogP contribution in [0.1, 0.15) is 34.7 Å². The minimum absolute atomic E-state index is 0.318. The summed E-state index contributed by atoms with van der Waals surface area (Å²) in [5.41, 5.74) is 3.87. The lowest BCUT2D eigenvalue weighted by atomic mass is 9.94. The van der Waals surface area contributed by atoms with Crippen molar-refractivity contribution in [2.45, 2.75) is 56.8 Å². The number of benzene rings is 3. The maximum atomic E-state index is 6.60. The van der Waals surface area contributed by atoms with E-state index >= 15 is 0 Å². The van der Waals surface area contributed by atoms with E-state index in [4.69, 9.17) is 28.4 Å². The standard InChI is InChI=1S/C31H33N3O6/c1-35-31-29(37-19-23-13-7-3-8-14-23)27(28-26(39-31)21-38-30(40-28)24-15-9-4-10-16-24)34-25(17-32-33-34)20-36-18-22-11-5-2-6-12-22/h2-17,26-31H,18-21H2,1H3/t26-,27-,28-,29+,30?,31+/m1/s1. The van der Waals surface area contributed by atoms with Gasteiger partial charge in [0.2, 0.25) is 0 Å². The lowest BCUT2D eigenvalue weighted by Gasteiger charge is -2.49. The summed E-state index contributed by atoms with van der Waals surface area (Å²) in [6.45, 7) is 1.50. The van der Waals surface area contributed by atoms with E-state index in [0.717, 1.165) is 22.4 Å². The first-order valence-electron chi connectivity index (χ1n) is 13.5. The summed E-state index contributed by atoms with van der Waals surface area (Å²) in [7, 11) is 1.61. The van der Waals surface area contributed by atoms with Gasteiger partial charge in [0, 0.05) is 12.7 Å². The molecule has 0 amide bonds. The molecule has 6 atom stereocenters. The topological polar surface area (TPSA) is 86.1 Å². The predicted molar refractivity (Wildman–Crippen MR) is 145 cm³/mol. The van der Waals surface area contributed by atoms with Crippen LogP contribution in [0.4, 0.5) is 0 Å². The molecule has 0 N–H and O–H groups in total. The highest BCUT2D eigenvalue weighted by Gasteiger charge is 2.52. The molecule has 2 fully saturated rings. The van der Waals surface area contributed by atoms with Gasteiger partial charge in [-0.15, -0.1) is 5.10 Å². The van der Waals surface area contributed by atoms with Gasteiger partial charge in [-0.2, -0.15) is 0 Å². The van der Waals surface area contributed by atoms with E-state index in [1.54, 1.807) is 13.3 Å². The van der Waals surface area contributed by atoms with Gasteiger partial charge >= 0.3 is 0 Å². The van der Waals surface area contributed by atoms with Gasteiger partial charge < -0.3 is 28.4 Å². The monoisotopic (exact) mass is 543 g/mol. The molecule has 40 heavy (non-hydrogen) atoms. The molecular formula is C31H33N3O6. The molecule has 0 saturated carbocycles. The molecular weight excluding hydrogens is 510 g/mol. The number of hydrogen-bond acceptors (Lipinski definition) is 8. The molecule has 3 aromatic carbocycles. The molecule has 0 bridgehead atoms. The van der Waals surface area contributed by atoms with Gasteiger partial charge in [-0.1, -0.05) is 96.2 Å². The van der Waals surface area contributed by atoms with Gasteiger partial charge in [-0.25, -0.2) is 4.68 Å². The van der Waals surface area contributed by atoms with Crippen molar-refractivity contribution in [1.29, 1.82) is 0 Å². The van der Waals surface area contributed by atoms with Crippen molar-refractivity contribution in [1.82, 2.24) is 15.0 Å². The van der Waals surface area contributed by atoms with E-state index in [2.05, 4.69) is 10.3 Å². The second-order valence-corrected chi connectivity index (χ2v) is 9.86. The largest absolute Gasteiger partial charge is 0.370 e. The Labute approximate surface area is 233 Å². The van der Waals surface area contributed by atoms with E-state index in [1.807, 2.05) is 95.7 Å². The van der Waals surface area contributed by atoms with E-state index in [-0.39, 0.29) is 0 Å². The highest BCUT2D eigenvalue weighted by atomic mass is 16.8. The van der Waals surface area contributed by atoms with Crippen molar-refractivity contribution < 1.29 is 28.4 Å². The fraction of sp³-hybridized carbons (Fsp3) is 0.355. The second kappa shape index (κ2) is 12.8. The third kappa shape index (κ3) is 6.00. The van der Waals surface area contributed by atoms with Crippen LogP contribution in [0.15, 0.2) is 97.2 Å². The molecule has 2 aliphatic heterocycles. The Morgan fingerprint density at radius 1 is 0.825 bits per heavy atom. The van der Waals surface area contributed by atoms with Gasteiger partial charge in [0.15, 0.2) is 12.6 Å². The number of aromatic nitrogens is 3. The molecule has 9 heteroatoms. The highest BCUT2D eigenvalue weighted by Crippen LogP contribution is 2.41. The Hall–Kier alpha value is -3.44. The SMILES string of the molecule is CO[C@H]1O[C@@H]2COC(c3ccccc3)O[C@H]2[C@@H](n2nncc2COCc2ccccc2)[C@@H]1OCc1ccccc1. The normalized spacial score (nSPS) is 26.3. The Morgan fingerprint density at radius 2 is 1.50 bits per heavy atom. The summed E-state index contributed by atoms with van der Waals surface area (Å²) in [5, 5.41) is 8.75. The van der Waals surface area contributed by atoms with E-state index in [1.165, 1.54) is 0 Å². The van der Waals surface area contributed by atoms with Gasteiger partial charge in [0.25, 0.3) is 0 Å². The van der Waals surface area contributed by atoms with Crippen molar-refractivity contribution in [2.75, 3.05) is 13.7 Å². The Kier molecular flexibility index (Phi) is 8.58. The van der Waals surface area contributed by atoms with Crippen LogP contribution in [-0.2, 0) is 48.2 Å². The highest BCUT2D eigenvalue weighted by molar-refractivity contribution is 5.17. The number of hydrogen-bond donors (Lipinski definition) is 0. The second-order valence-electron chi connectivity index (χ2n) is 9.86.